The fourth-order valence-electron chi connectivity index (χ4n) is 2.60. The molecule has 124 valence electrons. The Kier molecular flexibility index (Phi) is 4.07. The molecule has 1 aliphatic heterocycles. The van der Waals surface area contributed by atoms with Gasteiger partial charge in [0.25, 0.3) is 0 Å². The standard InChI is InChI=1S/C15H12F2N4O3/c16-9-3-1-4-10(17)13(9)20-8-6-11(15(20)22)19-14-12(21(23)24)5-2-7-18-14/h1-5,7,11H,6,8H2,(H,18,19). The van der Waals surface area contributed by atoms with E-state index in [9.17, 15) is 23.7 Å². The average Bonchev–Trinajstić information content (AvgIpc) is 2.89. The third-order valence-electron chi connectivity index (χ3n) is 3.71. The number of benzene rings is 1. The zero-order chi connectivity index (χ0) is 17.3. The van der Waals surface area contributed by atoms with Gasteiger partial charge < -0.3 is 10.2 Å². The third-order valence-corrected chi connectivity index (χ3v) is 3.71. The van der Waals surface area contributed by atoms with Crippen LogP contribution in [0.2, 0.25) is 0 Å². The summed E-state index contributed by atoms with van der Waals surface area (Å²) in [7, 11) is 0. The van der Waals surface area contributed by atoms with Crippen LogP contribution in [0.5, 0.6) is 0 Å². The number of carbonyl (C=O) groups is 1. The van der Waals surface area contributed by atoms with Crippen molar-refractivity contribution in [3.63, 3.8) is 0 Å². The van der Waals surface area contributed by atoms with Crippen LogP contribution in [-0.4, -0.2) is 28.4 Å². The van der Waals surface area contributed by atoms with E-state index in [0.29, 0.717) is 0 Å². The van der Waals surface area contributed by atoms with Crippen LogP contribution in [0.4, 0.5) is 26.0 Å². The monoisotopic (exact) mass is 334 g/mol. The highest BCUT2D eigenvalue weighted by atomic mass is 19.1. The molecule has 1 atom stereocenters. The minimum Gasteiger partial charge on any atom is -0.353 e. The number of pyridine rings is 1. The Hall–Kier alpha value is -3.10. The minimum absolute atomic E-state index is 0.0586. The molecule has 0 saturated carbocycles. The summed E-state index contributed by atoms with van der Waals surface area (Å²) in [6, 6.07) is 5.15. The van der Waals surface area contributed by atoms with E-state index >= 15 is 0 Å². The highest BCUT2D eigenvalue weighted by Crippen LogP contribution is 2.30. The number of para-hydroxylation sites is 1. The second-order valence-electron chi connectivity index (χ2n) is 5.17. The van der Waals surface area contributed by atoms with E-state index in [2.05, 4.69) is 10.3 Å². The number of nitrogens with one attached hydrogen (secondary N) is 1. The van der Waals surface area contributed by atoms with E-state index < -0.39 is 34.2 Å². The van der Waals surface area contributed by atoms with Crippen molar-refractivity contribution in [3.8, 4) is 0 Å². The number of aromatic nitrogens is 1. The fourth-order valence-corrected chi connectivity index (χ4v) is 2.60. The van der Waals surface area contributed by atoms with Crippen LogP contribution >= 0.6 is 0 Å². The third kappa shape index (κ3) is 2.75. The van der Waals surface area contributed by atoms with Gasteiger partial charge in [-0.2, -0.15) is 0 Å². The van der Waals surface area contributed by atoms with Crippen LogP contribution in [0.1, 0.15) is 6.42 Å². The molecule has 1 aliphatic rings. The number of halogens is 2. The first kappa shape index (κ1) is 15.8. The molecule has 1 unspecified atom stereocenters. The van der Waals surface area contributed by atoms with Gasteiger partial charge >= 0.3 is 5.69 Å². The van der Waals surface area contributed by atoms with E-state index in [1.54, 1.807) is 0 Å². The maximum Gasteiger partial charge on any atom is 0.311 e. The maximum absolute atomic E-state index is 13.8. The molecule has 1 aromatic carbocycles. The van der Waals surface area contributed by atoms with Crippen molar-refractivity contribution in [2.24, 2.45) is 0 Å². The van der Waals surface area contributed by atoms with Crippen molar-refractivity contribution in [1.82, 2.24) is 4.98 Å². The second-order valence-corrected chi connectivity index (χ2v) is 5.17. The van der Waals surface area contributed by atoms with Crippen molar-refractivity contribution in [2.45, 2.75) is 12.5 Å². The Labute approximate surface area is 135 Å². The van der Waals surface area contributed by atoms with Crippen LogP contribution in [-0.2, 0) is 4.79 Å². The first-order chi connectivity index (χ1) is 11.5. The first-order valence-corrected chi connectivity index (χ1v) is 7.10. The number of amides is 1. The lowest BCUT2D eigenvalue weighted by Crippen LogP contribution is -2.34. The molecule has 1 aromatic heterocycles. The minimum atomic E-state index is -0.849. The van der Waals surface area contributed by atoms with Gasteiger partial charge in [0.05, 0.1) is 4.92 Å². The summed E-state index contributed by atoms with van der Waals surface area (Å²) in [5.41, 5.74) is -0.692. The van der Waals surface area contributed by atoms with Gasteiger partial charge in [-0.3, -0.25) is 14.9 Å². The summed E-state index contributed by atoms with van der Waals surface area (Å²) >= 11 is 0. The molecular formula is C15H12F2N4O3. The smallest absolute Gasteiger partial charge is 0.311 e. The van der Waals surface area contributed by atoms with Crippen LogP contribution in [0, 0.1) is 21.7 Å². The molecule has 9 heteroatoms. The van der Waals surface area contributed by atoms with Crippen molar-refractivity contribution >= 4 is 23.1 Å². The molecule has 0 aliphatic carbocycles. The van der Waals surface area contributed by atoms with Gasteiger partial charge in [-0.25, -0.2) is 13.8 Å². The fraction of sp³-hybridized carbons (Fsp3) is 0.200. The largest absolute Gasteiger partial charge is 0.353 e. The summed E-state index contributed by atoms with van der Waals surface area (Å²) in [6.45, 7) is 0.0922. The van der Waals surface area contributed by atoms with Gasteiger partial charge in [0, 0.05) is 18.8 Å². The van der Waals surface area contributed by atoms with E-state index in [4.69, 9.17) is 0 Å². The summed E-state index contributed by atoms with van der Waals surface area (Å²) < 4.78 is 27.7. The summed E-state index contributed by atoms with van der Waals surface area (Å²) in [4.78, 5) is 27.6. The number of nitrogens with zero attached hydrogens (tertiary/aromatic N) is 3. The van der Waals surface area contributed by atoms with E-state index in [1.165, 1.54) is 24.4 Å². The predicted octanol–water partition coefficient (Wildman–Crippen LogP) is 2.49. The van der Waals surface area contributed by atoms with Crippen LogP contribution in [0.15, 0.2) is 36.5 Å². The van der Waals surface area contributed by atoms with Crippen molar-refractivity contribution in [2.75, 3.05) is 16.8 Å². The molecule has 2 aromatic rings. The summed E-state index contributed by atoms with van der Waals surface area (Å²) in [5, 5.41) is 13.7. The van der Waals surface area contributed by atoms with Crippen molar-refractivity contribution < 1.29 is 18.5 Å². The van der Waals surface area contributed by atoms with Gasteiger partial charge in [-0.05, 0) is 24.6 Å². The molecule has 3 rings (SSSR count). The van der Waals surface area contributed by atoms with Crippen LogP contribution in [0.3, 0.4) is 0 Å². The zero-order valence-electron chi connectivity index (χ0n) is 12.3. The lowest BCUT2D eigenvalue weighted by Gasteiger charge is -2.18. The Morgan fingerprint density at radius 2 is 1.96 bits per heavy atom. The van der Waals surface area contributed by atoms with E-state index in [1.807, 2.05) is 0 Å². The first-order valence-electron chi connectivity index (χ1n) is 7.10. The SMILES string of the molecule is O=C1C(Nc2ncccc2[N+](=O)[O-])CCN1c1c(F)cccc1F. The van der Waals surface area contributed by atoms with Gasteiger partial charge in [-0.1, -0.05) is 6.07 Å². The zero-order valence-corrected chi connectivity index (χ0v) is 12.3. The Morgan fingerprint density at radius 1 is 1.25 bits per heavy atom. The van der Waals surface area contributed by atoms with Gasteiger partial charge in [0.15, 0.2) is 0 Å². The number of nitro groups is 1. The topological polar surface area (TPSA) is 88.4 Å². The molecule has 1 N–H and O–H groups in total. The molecule has 7 nitrogen and oxygen atoms in total. The quantitative estimate of drug-likeness (QED) is 0.685. The number of hydrogen-bond donors (Lipinski definition) is 1. The normalized spacial score (nSPS) is 17.2. The number of rotatable bonds is 4. The predicted molar refractivity (Wildman–Crippen MR) is 81.6 cm³/mol. The average molecular weight is 334 g/mol. The van der Waals surface area contributed by atoms with Gasteiger partial charge in [-0.15, -0.1) is 0 Å². The number of anilines is 2. The van der Waals surface area contributed by atoms with Crippen LogP contribution < -0.4 is 10.2 Å². The lowest BCUT2D eigenvalue weighted by atomic mass is 10.2. The molecule has 1 amide bonds. The molecule has 0 bridgehead atoms. The van der Waals surface area contributed by atoms with Gasteiger partial charge in [0.2, 0.25) is 11.7 Å². The molecule has 0 radical (unpaired) electrons. The summed E-state index contributed by atoms with van der Waals surface area (Å²) in [5.74, 6) is -2.31. The van der Waals surface area contributed by atoms with Crippen molar-refractivity contribution in [3.05, 3.63) is 58.3 Å². The highest BCUT2D eigenvalue weighted by Gasteiger charge is 2.36. The van der Waals surface area contributed by atoms with E-state index in [0.717, 1.165) is 17.0 Å². The number of hydrogen-bond acceptors (Lipinski definition) is 5. The van der Waals surface area contributed by atoms with Crippen LogP contribution in [0.25, 0.3) is 0 Å². The van der Waals surface area contributed by atoms with E-state index in [-0.39, 0.29) is 24.5 Å². The Bertz CT molecular complexity index is 795. The molecule has 0 spiro atoms. The lowest BCUT2D eigenvalue weighted by molar-refractivity contribution is -0.384. The molecule has 2 heterocycles. The van der Waals surface area contributed by atoms with Gasteiger partial charge in [0.1, 0.15) is 23.4 Å². The molecule has 1 saturated heterocycles. The Morgan fingerprint density at radius 3 is 2.62 bits per heavy atom. The second kappa shape index (κ2) is 6.19. The summed E-state index contributed by atoms with van der Waals surface area (Å²) in [6.07, 6.45) is 1.59. The molecule has 1 fully saturated rings. The molecule has 24 heavy (non-hydrogen) atoms. The van der Waals surface area contributed by atoms with Crippen molar-refractivity contribution in [1.29, 1.82) is 0 Å². The number of carbonyl (C=O) groups excluding carboxylic acids is 1. The molecular weight excluding hydrogens is 322 g/mol. The Balaban J connectivity index is 1.84. The maximum atomic E-state index is 13.8. The highest BCUT2D eigenvalue weighted by molar-refractivity contribution is 6.01.